The van der Waals surface area contributed by atoms with Crippen LogP contribution in [0, 0.1) is 23.7 Å². The Labute approximate surface area is 255 Å². The lowest BCUT2D eigenvalue weighted by atomic mass is 9.58. The zero-order chi connectivity index (χ0) is 30.0. The molecule has 2 aliphatic heterocycles. The molecular formula is C37H45NO5. The second-order valence-corrected chi connectivity index (χ2v) is 13.5. The van der Waals surface area contributed by atoms with E-state index in [1.165, 1.54) is 40.6 Å². The van der Waals surface area contributed by atoms with E-state index in [1.807, 2.05) is 13.2 Å². The van der Waals surface area contributed by atoms with Gasteiger partial charge in [0.1, 0.15) is 0 Å². The molecule has 3 aromatic rings. The highest BCUT2D eigenvalue weighted by molar-refractivity contribution is 6.05. The van der Waals surface area contributed by atoms with E-state index in [9.17, 15) is 0 Å². The number of rotatable bonds is 6. The quantitative estimate of drug-likeness (QED) is 0.271. The minimum Gasteiger partial charge on any atom is -0.493 e. The third kappa shape index (κ3) is 4.39. The maximum Gasteiger partial charge on any atom is 0.231 e. The van der Waals surface area contributed by atoms with Crippen molar-refractivity contribution in [1.29, 1.82) is 0 Å². The molecule has 0 radical (unpaired) electrons. The number of methoxy groups -OCH3 is 3. The van der Waals surface area contributed by atoms with Crippen molar-refractivity contribution in [3.63, 3.8) is 0 Å². The van der Waals surface area contributed by atoms with E-state index in [0.717, 1.165) is 47.6 Å². The molecule has 0 spiro atoms. The minimum atomic E-state index is -0.0488. The number of nitrogens with zero attached hydrogens (tertiary/aromatic N) is 1. The van der Waals surface area contributed by atoms with Crippen LogP contribution in [-0.4, -0.2) is 40.8 Å². The molecule has 7 rings (SSSR count). The molecule has 228 valence electrons. The lowest BCUT2D eigenvalue weighted by Crippen LogP contribution is -2.49. The fourth-order valence-corrected chi connectivity index (χ4v) is 8.82. The molecule has 0 aromatic heterocycles. The Hall–Kier alpha value is -3.38. The van der Waals surface area contributed by atoms with Gasteiger partial charge in [-0.1, -0.05) is 37.6 Å². The molecule has 5 atom stereocenters. The summed E-state index contributed by atoms with van der Waals surface area (Å²) in [5.74, 6) is 5.65. The summed E-state index contributed by atoms with van der Waals surface area (Å²) in [4.78, 5) is 2.47. The molecule has 43 heavy (non-hydrogen) atoms. The first-order chi connectivity index (χ1) is 20.8. The molecule has 0 bridgehead atoms. The van der Waals surface area contributed by atoms with Crippen molar-refractivity contribution in [3.8, 4) is 34.1 Å². The molecule has 1 saturated carbocycles. The summed E-state index contributed by atoms with van der Waals surface area (Å²) in [5.41, 5.74) is 6.31. The van der Waals surface area contributed by atoms with Gasteiger partial charge in [-0.15, -0.1) is 0 Å². The largest absolute Gasteiger partial charge is 0.493 e. The van der Waals surface area contributed by atoms with Crippen LogP contribution in [0.5, 0.6) is 23.0 Å². The fourth-order valence-electron chi connectivity index (χ4n) is 8.82. The number of hydrogen-bond acceptors (Lipinski definition) is 6. The molecular weight excluding hydrogens is 538 g/mol. The zero-order valence-electron chi connectivity index (χ0n) is 26.7. The van der Waals surface area contributed by atoms with Gasteiger partial charge in [-0.2, -0.15) is 0 Å². The monoisotopic (exact) mass is 583 g/mol. The highest BCUT2D eigenvalue weighted by Gasteiger charge is 2.48. The van der Waals surface area contributed by atoms with Gasteiger partial charge in [0.2, 0.25) is 6.79 Å². The number of allylic oxidation sites excluding steroid dienone is 1. The van der Waals surface area contributed by atoms with Crippen molar-refractivity contribution in [1.82, 2.24) is 0 Å². The smallest absolute Gasteiger partial charge is 0.231 e. The molecule has 0 saturated heterocycles. The van der Waals surface area contributed by atoms with Crippen LogP contribution in [0.15, 0.2) is 48.0 Å². The number of ether oxygens (including phenoxy) is 5. The van der Waals surface area contributed by atoms with Gasteiger partial charge in [0.05, 0.1) is 31.5 Å². The van der Waals surface area contributed by atoms with Crippen molar-refractivity contribution < 1.29 is 23.7 Å². The van der Waals surface area contributed by atoms with Crippen molar-refractivity contribution in [3.05, 3.63) is 53.6 Å². The van der Waals surface area contributed by atoms with E-state index in [-0.39, 0.29) is 18.4 Å². The molecule has 0 amide bonds. The Kier molecular flexibility index (Phi) is 7.04. The van der Waals surface area contributed by atoms with E-state index in [0.29, 0.717) is 23.7 Å². The fraction of sp³-hybridized carbons (Fsp3) is 0.514. The minimum absolute atomic E-state index is 0.0488. The molecule has 4 aliphatic rings. The van der Waals surface area contributed by atoms with Crippen LogP contribution >= 0.6 is 0 Å². The van der Waals surface area contributed by atoms with Crippen LogP contribution in [0.2, 0.25) is 0 Å². The molecule has 2 heterocycles. The lowest BCUT2D eigenvalue weighted by molar-refractivity contribution is -0.108. The first-order valence-electron chi connectivity index (χ1n) is 15.9. The first-order valence-corrected chi connectivity index (χ1v) is 15.9. The van der Waals surface area contributed by atoms with Crippen LogP contribution in [0.3, 0.4) is 0 Å². The summed E-state index contributed by atoms with van der Waals surface area (Å²) >= 11 is 0. The highest BCUT2D eigenvalue weighted by atomic mass is 16.7. The van der Waals surface area contributed by atoms with Crippen LogP contribution in [0.1, 0.15) is 64.5 Å². The van der Waals surface area contributed by atoms with Crippen molar-refractivity contribution in [2.24, 2.45) is 23.7 Å². The van der Waals surface area contributed by atoms with E-state index in [2.05, 4.69) is 69.1 Å². The SMILES string of the molecule is COc1ccc2c(c1OC)[C@H](CC1=C[C@H]3[C@H](C(C)C)CC[C@](C)(OC)[C@H]3CC1)N(C)c1c-2ccc2cc3c(cc12)OCO3. The Morgan fingerprint density at radius 1 is 0.977 bits per heavy atom. The maximum absolute atomic E-state index is 6.21. The van der Waals surface area contributed by atoms with Crippen molar-refractivity contribution in [2.45, 2.75) is 64.5 Å². The van der Waals surface area contributed by atoms with Gasteiger partial charge in [-0.05, 0) is 97.9 Å². The third-order valence-corrected chi connectivity index (χ3v) is 11.2. The summed E-state index contributed by atoms with van der Waals surface area (Å²) in [6, 6.07) is 13.0. The van der Waals surface area contributed by atoms with Gasteiger partial charge in [-0.3, -0.25) is 0 Å². The molecule has 0 unspecified atom stereocenters. The molecule has 6 nitrogen and oxygen atoms in total. The van der Waals surface area contributed by atoms with Crippen molar-refractivity contribution >= 4 is 16.5 Å². The number of hydrogen-bond donors (Lipinski definition) is 0. The Morgan fingerprint density at radius 3 is 2.47 bits per heavy atom. The zero-order valence-corrected chi connectivity index (χ0v) is 26.7. The van der Waals surface area contributed by atoms with Crippen LogP contribution in [-0.2, 0) is 4.74 Å². The Bertz CT molecular complexity index is 1590. The maximum atomic E-state index is 6.21. The van der Waals surface area contributed by atoms with Crippen LogP contribution in [0.4, 0.5) is 5.69 Å². The second-order valence-electron chi connectivity index (χ2n) is 13.5. The molecule has 0 N–H and O–H groups in total. The lowest BCUT2D eigenvalue weighted by Gasteiger charge is -2.51. The first kappa shape index (κ1) is 28.4. The summed E-state index contributed by atoms with van der Waals surface area (Å²) in [6.07, 6.45) is 8.23. The van der Waals surface area contributed by atoms with E-state index < -0.39 is 0 Å². The summed E-state index contributed by atoms with van der Waals surface area (Å²) in [5, 5.41) is 2.33. The summed E-state index contributed by atoms with van der Waals surface area (Å²) < 4.78 is 29.7. The summed E-state index contributed by atoms with van der Waals surface area (Å²) in [6.45, 7) is 7.40. The van der Waals surface area contributed by atoms with Gasteiger partial charge in [0.25, 0.3) is 0 Å². The van der Waals surface area contributed by atoms with Gasteiger partial charge in [0.15, 0.2) is 23.0 Å². The predicted octanol–water partition coefficient (Wildman–Crippen LogP) is 8.56. The highest BCUT2D eigenvalue weighted by Crippen LogP contribution is 2.57. The Morgan fingerprint density at radius 2 is 1.74 bits per heavy atom. The number of fused-ring (bicyclic) bond motifs is 7. The standard InChI is InChI=1S/C37H45NO5/c1-21(2)24-14-15-37(3,41-7)29-12-8-22(16-28(24)29)17-30-34-25(11-13-31(39-5)36(34)40-6)26-10-9-23-18-32-33(43-20-42-32)19-27(23)35(26)38(30)4/h9-11,13,16,18-19,21,24,28-30H,8,12,14-15,17,20H2,1-7H3/t24-,28-,29-,30-,37-/m0/s1. The topological polar surface area (TPSA) is 49.4 Å². The van der Waals surface area contributed by atoms with Crippen molar-refractivity contribution in [2.75, 3.05) is 40.1 Å². The average Bonchev–Trinajstić information content (AvgIpc) is 3.48. The Balaban J connectivity index is 1.36. The summed E-state index contributed by atoms with van der Waals surface area (Å²) in [7, 11) is 7.63. The molecule has 3 aromatic carbocycles. The van der Waals surface area contributed by atoms with Gasteiger partial charge >= 0.3 is 0 Å². The number of benzene rings is 3. The molecule has 1 fully saturated rings. The predicted molar refractivity (Wildman–Crippen MR) is 172 cm³/mol. The van der Waals surface area contributed by atoms with Gasteiger partial charge in [-0.25, -0.2) is 0 Å². The van der Waals surface area contributed by atoms with Gasteiger partial charge in [0, 0.05) is 30.7 Å². The number of anilines is 1. The van der Waals surface area contributed by atoms with Crippen LogP contribution < -0.4 is 23.8 Å². The van der Waals surface area contributed by atoms with E-state index in [1.54, 1.807) is 19.8 Å². The normalized spacial score (nSPS) is 27.4. The van der Waals surface area contributed by atoms with Gasteiger partial charge < -0.3 is 28.6 Å². The third-order valence-electron chi connectivity index (χ3n) is 11.2. The van der Waals surface area contributed by atoms with E-state index in [4.69, 9.17) is 23.7 Å². The van der Waals surface area contributed by atoms with E-state index >= 15 is 0 Å². The average molecular weight is 584 g/mol. The molecule has 6 heteroatoms. The molecule has 2 aliphatic carbocycles. The second kappa shape index (κ2) is 10.7. The van der Waals surface area contributed by atoms with Crippen LogP contribution in [0.25, 0.3) is 21.9 Å².